The van der Waals surface area contributed by atoms with Crippen molar-refractivity contribution < 1.29 is 10.2 Å². The summed E-state index contributed by atoms with van der Waals surface area (Å²) < 4.78 is 2.95. The Morgan fingerprint density at radius 2 is 1.91 bits per heavy atom. The highest BCUT2D eigenvalue weighted by Crippen LogP contribution is 2.39. The van der Waals surface area contributed by atoms with E-state index in [1.807, 2.05) is 30.9 Å². The maximum Gasteiger partial charge on any atom is 0.332 e. The molecule has 180 valence electrons. The van der Waals surface area contributed by atoms with Crippen LogP contribution in [0.15, 0.2) is 59.8 Å². The van der Waals surface area contributed by atoms with Gasteiger partial charge in [0.2, 0.25) is 0 Å². The summed E-state index contributed by atoms with van der Waals surface area (Å²) in [6.07, 6.45) is 5.69. The number of rotatable bonds is 4. The minimum absolute atomic E-state index is 0.0295. The molecule has 0 saturated carbocycles. The van der Waals surface area contributed by atoms with Crippen molar-refractivity contribution in [2.75, 3.05) is 18.0 Å². The second-order valence-electron chi connectivity index (χ2n) is 9.31. The fraction of sp³-hybridized carbons (Fsp3) is 0.269. The first-order valence-electron chi connectivity index (χ1n) is 11.3. The molecule has 0 aliphatic carbocycles. The highest BCUT2D eigenvalue weighted by atomic mass is 35.5. The highest BCUT2D eigenvalue weighted by Gasteiger charge is 2.32. The Morgan fingerprint density at radius 3 is 2.57 bits per heavy atom. The van der Waals surface area contributed by atoms with Gasteiger partial charge in [-0.1, -0.05) is 17.7 Å². The van der Waals surface area contributed by atoms with Crippen LogP contribution in [0.25, 0.3) is 28.1 Å². The Labute approximate surface area is 207 Å². The highest BCUT2D eigenvalue weighted by molar-refractivity contribution is 6.32. The van der Waals surface area contributed by atoms with Crippen LogP contribution in [0.4, 0.5) is 5.82 Å². The third-order valence-electron chi connectivity index (χ3n) is 6.38. The zero-order valence-electron chi connectivity index (χ0n) is 19.7. The van der Waals surface area contributed by atoms with E-state index >= 15 is 0 Å². The summed E-state index contributed by atoms with van der Waals surface area (Å²) in [6.45, 7) is 4.89. The Morgan fingerprint density at radius 1 is 1.11 bits per heavy atom. The van der Waals surface area contributed by atoms with E-state index in [1.54, 1.807) is 49.9 Å². The van der Waals surface area contributed by atoms with E-state index in [-0.39, 0.29) is 11.4 Å². The number of β-amino-alcohol motifs (C(OH)–C–C–N with tert-alkyl or cyclic N) is 1. The van der Waals surface area contributed by atoms with Crippen LogP contribution in [0.3, 0.4) is 0 Å². The number of aromatic nitrogens is 4. The normalized spacial score (nSPS) is 17.8. The lowest BCUT2D eigenvalue weighted by Crippen LogP contribution is -2.29. The molecule has 0 bridgehead atoms. The second-order valence-corrected chi connectivity index (χ2v) is 9.71. The average molecular weight is 492 g/mol. The van der Waals surface area contributed by atoms with Crippen LogP contribution >= 0.6 is 11.6 Å². The molecule has 1 aliphatic rings. The molecule has 0 radical (unpaired) electrons. The average Bonchev–Trinajstić information content (AvgIpc) is 3.36. The van der Waals surface area contributed by atoms with Gasteiger partial charge in [-0.15, -0.1) is 0 Å². The van der Waals surface area contributed by atoms with E-state index in [0.717, 1.165) is 17.1 Å². The van der Waals surface area contributed by atoms with Crippen LogP contribution < -0.4 is 10.6 Å². The predicted octanol–water partition coefficient (Wildman–Crippen LogP) is 3.93. The van der Waals surface area contributed by atoms with Crippen LogP contribution in [-0.4, -0.2) is 48.0 Å². The van der Waals surface area contributed by atoms with Crippen LogP contribution in [0.1, 0.15) is 19.0 Å². The molecule has 4 aromatic rings. The van der Waals surface area contributed by atoms with Crippen molar-refractivity contribution in [3.8, 4) is 33.8 Å². The summed E-state index contributed by atoms with van der Waals surface area (Å²) in [5, 5.41) is 22.0. The number of pyridine rings is 2. The van der Waals surface area contributed by atoms with Crippen LogP contribution in [0, 0.1) is 6.92 Å². The van der Waals surface area contributed by atoms with Gasteiger partial charge in [0, 0.05) is 55.5 Å². The molecule has 3 aromatic heterocycles. The molecule has 5 rings (SSSR count). The zero-order chi connectivity index (χ0) is 24.9. The van der Waals surface area contributed by atoms with E-state index in [2.05, 4.69) is 9.97 Å². The van der Waals surface area contributed by atoms with Gasteiger partial charge in [-0.3, -0.25) is 4.57 Å². The van der Waals surface area contributed by atoms with Crippen LogP contribution in [0.5, 0.6) is 5.75 Å². The molecule has 8 nitrogen and oxygen atoms in total. The summed E-state index contributed by atoms with van der Waals surface area (Å²) in [7, 11) is 1.68. The molecule has 9 heteroatoms. The number of hydrogen-bond donors (Lipinski definition) is 2. The Kier molecular flexibility index (Phi) is 5.65. The molecule has 1 aliphatic heterocycles. The standard InChI is InChI=1S/C26H26ClN5O3/c1-16-12-19(17-4-5-21(20(27)13-17)32-11-10-30(3)25(32)34)24(33)23(29-16)18-6-8-28-22(14-18)31-9-7-26(2,35)15-31/h4-6,8,10-14,33,35H,7,9,15H2,1-3H3/t26-/m1/s1. The number of aromatic hydroxyl groups is 1. The van der Waals surface area contributed by atoms with Crippen molar-refractivity contribution in [2.24, 2.45) is 7.05 Å². The quantitative estimate of drug-likeness (QED) is 0.449. The topological polar surface area (TPSA) is 96.4 Å². The van der Waals surface area contributed by atoms with Crippen molar-refractivity contribution in [1.82, 2.24) is 19.1 Å². The summed E-state index contributed by atoms with van der Waals surface area (Å²) in [5.74, 6) is 0.757. The molecule has 1 fully saturated rings. The van der Waals surface area contributed by atoms with Gasteiger partial charge in [0.25, 0.3) is 0 Å². The van der Waals surface area contributed by atoms with Crippen molar-refractivity contribution in [1.29, 1.82) is 0 Å². The number of imidazole rings is 1. The van der Waals surface area contributed by atoms with Gasteiger partial charge in [0.15, 0.2) is 0 Å². The maximum absolute atomic E-state index is 12.3. The molecule has 4 heterocycles. The second kappa shape index (κ2) is 8.55. The van der Waals surface area contributed by atoms with Gasteiger partial charge < -0.3 is 19.7 Å². The number of hydrogen-bond acceptors (Lipinski definition) is 6. The first-order chi connectivity index (χ1) is 16.6. The zero-order valence-corrected chi connectivity index (χ0v) is 20.5. The van der Waals surface area contributed by atoms with Gasteiger partial charge in [-0.25, -0.2) is 14.8 Å². The van der Waals surface area contributed by atoms with E-state index < -0.39 is 5.60 Å². The summed E-state index contributed by atoms with van der Waals surface area (Å²) in [5.41, 5.74) is 2.81. The number of aryl methyl sites for hydroxylation is 2. The molecule has 0 unspecified atom stereocenters. The lowest BCUT2D eigenvalue weighted by molar-refractivity contribution is 0.0839. The summed E-state index contributed by atoms with van der Waals surface area (Å²) in [6, 6.07) is 10.8. The number of halogens is 1. The van der Waals surface area contributed by atoms with Gasteiger partial charge in [0.05, 0.1) is 16.3 Å². The maximum atomic E-state index is 12.3. The fourth-order valence-electron chi connectivity index (χ4n) is 4.48. The smallest absolute Gasteiger partial charge is 0.332 e. The Bertz CT molecular complexity index is 1490. The fourth-order valence-corrected chi connectivity index (χ4v) is 4.76. The van der Waals surface area contributed by atoms with Gasteiger partial charge >= 0.3 is 5.69 Å². The van der Waals surface area contributed by atoms with Gasteiger partial charge in [-0.05, 0) is 56.2 Å². The summed E-state index contributed by atoms with van der Waals surface area (Å²) in [4.78, 5) is 23.4. The molecular formula is C26H26ClN5O3. The summed E-state index contributed by atoms with van der Waals surface area (Å²) >= 11 is 6.56. The molecule has 1 aromatic carbocycles. The minimum Gasteiger partial charge on any atom is -0.505 e. The monoisotopic (exact) mass is 491 g/mol. The van der Waals surface area contributed by atoms with E-state index in [0.29, 0.717) is 47.0 Å². The number of aliphatic hydroxyl groups is 1. The first-order valence-corrected chi connectivity index (χ1v) is 11.7. The van der Waals surface area contributed by atoms with Crippen LogP contribution in [0.2, 0.25) is 5.02 Å². The molecule has 35 heavy (non-hydrogen) atoms. The number of benzene rings is 1. The van der Waals surface area contributed by atoms with E-state index in [1.165, 1.54) is 9.13 Å². The molecule has 1 saturated heterocycles. The van der Waals surface area contributed by atoms with Gasteiger partial charge in [0.1, 0.15) is 17.3 Å². The van der Waals surface area contributed by atoms with Gasteiger partial charge in [-0.2, -0.15) is 0 Å². The molecule has 0 amide bonds. The Hall–Kier alpha value is -3.62. The molecule has 0 spiro atoms. The molecule has 2 N–H and O–H groups in total. The number of anilines is 1. The van der Waals surface area contributed by atoms with Crippen molar-refractivity contribution in [2.45, 2.75) is 25.9 Å². The molecular weight excluding hydrogens is 466 g/mol. The lowest BCUT2D eigenvalue weighted by atomic mass is 10.0. The largest absolute Gasteiger partial charge is 0.505 e. The lowest BCUT2D eigenvalue weighted by Gasteiger charge is -2.20. The third-order valence-corrected chi connectivity index (χ3v) is 6.68. The minimum atomic E-state index is -0.745. The van der Waals surface area contributed by atoms with E-state index in [9.17, 15) is 15.0 Å². The van der Waals surface area contributed by atoms with Crippen molar-refractivity contribution >= 4 is 17.4 Å². The SMILES string of the molecule is Cc1cc(-c2ccc(-n3ccn(C)c3=O)c(Cl)c2)c(O)c(-c2ccnc(N3CC[C@@](C)(O)C3)c2)n1. The molecule has 1 atom stereocenters. The van der Waals surface area contributed by atoms with Crippen molar-refractivity contribution in [3.63, 3.8) is 0 Å². The first kappa shape index (κ1) is 23.1. The van der Waals surface area contributed by atoms with E-state index in [4.69, 9.17) is 11.6 Å². The predicted molar refractivity (Wildman–Crippen MR) is 136 cm³/mol. The van der Waals surface area contributed by atoms with Crippen LogP contribution in [-0.2, 0) is 7.05 Å². The number of nitrogens with zero attached hydrogens (tertiary/aromatic N) is 5. The Balaban J connectivity index is 1.54. The van der Waals surface area contributed by atoms with Crippen molar-refractivity contribution in [3.05, 3.63) is 76.2 Å². The third kappa shape index (κ3) is 4.31.